The lowest BCUT2D eigenvalue weighted by atomic mass is 10.2. The Labute approximate surface area is 141 Å². The Morgan fingerprint density at radius 3 is 2.79 bits per heavy atom. The topological polar surface area (TPSA) is 33.5 Å². The summed E-state index contributed by atoms with van der Waals surface area (Å²) in [6.07, 6.45) is 3.04. The molecule has 2 aliphatic rings. The van der Waals surface area contributed by atoms with E-state index in [1.54, 1.807) is 16.8 Å². The molecule has 0 radical (unpaired) electrons. The molecule has 0 N–H and O–H groups in total. The summed E-state index contributed by atoms with van der Waals surface area (Å²) in [5.41, 5.74) is 1.48. The molecule has 24 heavy (non-hydrogen) atoms. The van der Waals surface area contributed by atoms with Crippen LogP contribution in [0.1, 0.15) is 12.1 Å². The zero-order valence-electron chi connectivity index (χ0n) is 13.8. The van der Waals surface area contributed by atoms with Gasteiger partial charge in [-0.25, -0.2) is 9.07 Å². The molecule has 1 aromatic carbocycles. The molecule has 1 atom stereocenters. The van der Waals surface area contributed by atoms with Gasteiger partial charge in [0.15, 0.2) is 0 Å². The molecular weight excluding hydrogens is 307 g/mol. The highest BCUT2D eigenvalue weighted by molar-refractivity contribution is 5.32. The Bertz CT molecular complexity index is 683. The second-order valence-electron chi connectivity index (χ2n) is 6.53. The predicted molar refractivity (Wildman–Crippen MR) is 89.6 cm³/mol. The summed E-state index contributed by atoms with van der Waals surface area (Å²) < 4.78 is 20.9. The summed E-state index contributed by atoms with van der Waals surface area (Å²) in [7, 11) is 0. The molecule has 2 aliphatic heterocycles. The number of hydrogen-bond acceptors (Lipinski definition) is 4. The third-order valence-corrected chi connectivity index (χ3v) is 4.94. The highest BCUT2D eigenvalue weighted by atomic mass is 19.1. The summed E-state index contributed by atoms with van der Waals surface area (Å²) in [5, 5.41) is 4.54. The van der Waals surface area contributed by atoms with E-state index in [0.29, 0.717) is 11.7 Å². The van der Waals surface area contributed by atoms with Crippen LogP contribution in [0.5, 0.6) is 0 Å². The number of benzene rings is 1. The van der Waals surface area contributed by atoms with Gasteiger partial charge in [0, 0.05) is 45.0 Å². The van der Waals surface area contributed by atoms with Crippen molar-refractivity contribution in [3.05, 3.63) is 48.0 Å². The Kier molecular flexibility index (Phi) is 4.60. The Hall–Kier alpha value is -1.76. The molecule has 5 nitrogen and oxygen atoms in total. The fourth-order valence-corrected chi connectivity index (χ4v) is 3.64. The lowest BCUT2D eigenvalue weighted by Gasteiger charge is -2.32. The summed E-state index contributed by atoms with van der Waals surface area (Å²) in [4.78, 5) is 4.98. The highest BCUT2D eigenvalue weighted by Crippen LogP contribution is 2.19. The minimum Gasteiger partial charge on any atom is -0.379 e. The maximum Gasteiger partial charge on any atom is 0.148 e. The van der Waals surface area contributed by atoms with Crippen LogP contribution in [-0.2, 0) is 11.3 Å². The van der Waals surface area contributed by atoms with Gasteiger partial charge in [-0.05, 0) is 24.6 Å². The standard InChI is InChI=1S/C18H23FN4O/c19-17-3-1-2-4-18(17)23-8-5-15(20-23)13-21-7-6-16(14-21)22-9-11-24-12-10-22/h1-5,8,16H,6-7,9-14H2/t16-/m1/s1. The van der Waals surface area contributed by atoms with Crippen LogP contribution >= 0.6 is 0 Å². The van der Waals surface area contributed by atoms with E-state index in [2.05, 4.69) is 14.9 Å². The van der Waals surface area contributed by atoms with Crippen molar-refractivity contribution in [3.63, 3.8) is 0 Å². The van der Waals surface area contributed by atoms with E-state index in [9.17, 15) is 4.39 Å². The van der Waals surface area contributed by atoms with Crippen molar-refractivity contribution in [2.24, 2.45) is 0 Å². The third kappa shape index (κ3) is 3.36. The van der Waals surface area contributed by atoms with Crippen molar-refractivity contribution in [2.45, 2.75) is 19.0 Å². The zero-order valence-corrected chi connectivity index (χ0v) is 13.8. The van der Waals surface area contributed by atoms with Crippen LogP contribution in [0.25, 0.3) is 5.69 Å². The number of halogens is 1. The van der Waals surface area contributed by atoms with Crippen LogP contribution in [0.2, 0.25) is 0 Å². The molecular formula is C18H23FN4O. The van der Waals surface area contributed by atoms with E-state index in [4.69, 9.17) is 4.74 Å². The van der Waals surface area contributed by atoms with E-state index in [0.717, 1.165) is 51.6 Å². The number of likely N-dealkylation sites (tertiary alicyclic amines) is 1. The molecule has 0 spiro atoms. The van der Waals surface area contributed by atoms with Crippen molar-refractivity contribution in [1.82, 2.24) is 19.6 Å². The lowest BCUT2D eigenvalue weighted by molar-refractivity contribution is 0.0183. The molecule has 0 amide bonds. The van der Waals surface area contributed by atoms with Crippen LogP contribution in [-0.4, -0.2) is 65.0 Å². The van der Waals surface area contributed by atoms with Gasteiger partial charge in [0.25, 0.3) is 0 Å². The maximum atomic E-state index is 13.9. The molecule has 4 rings (SSSR count). The van der Waals surface area contributed by atoms with Crippen LogP contribution in [0.3, 0.4) is 0 Å². The first-order valence-electron chi connectivity index (χ1n) is 8.63. The smallest absolute Gasteiger partial charge is 0.148 e. The molecule has 0 bridgehead atoms. The van der Waals surface area contributed by atoms with E-state index in [-0.39, 0.29) is 5.82 Å². The average molecular weight is 330 g/mol. The second kappa shape index (κ2) is 7.01. The molecule has 0 saturated carbocycles. The van der Waals surface area contributed by atoms with E-state index in [1.165, 1.54) is 12.5 Å². The van der Waals surface area contributed by atoms with Gasteiger partial charge >= 0.3 is 0 Å². The molecule has 2 fully saturated rings. The first-order chi connectivity index (χ1) is 11.8. The Morgan fingerprint density at radius 2 is 1.96 bits per heavy atom. The molecule has 2 aromatic rings. The summed E-state index contributed by atoms with van der Waals surface area (Å²) in [6.45, 7) is 6.78. The number of ether oxygens (including phenoxy) is 1. The van der Waals surface area contributed by atoms with Crippen molar-refractivity contribution in [2.75, 3.05) is 39.4 Å². The van der Waals surface area contributed by atoms with Crippen LogP contribution in [0.4, 0.5) is 4.39 Å². The molecule has 0 aliphatic carbocycles. The first-order valence-corrected chi connectivity index (χ1v) is 8.63. The highest BCUT2D eigenvalue weighted by Gasteiger charge is 2.28. The van der Waals surface area contributed by atoms with Crippen molar-refractivity contribution < 1.29 is 9.13 Å². The van der Waals surface area contributed by atoms with Gasteiger partial charge in [-0.2, -0.15) is 5.10 Å². The fourth-order valence-electron chi connectivity index (χ4n) is 3.64. The summed E-state index contributed by atoms with van der Waals surface area (Å²) >= 11 is 0. The van der Waals surface area contributed by atoms with E-state index < -0.39 is 0 Å². The number of rotatable bonds is 4. The molecule has 1 aromatic heterocycles. The SMILES string of the molecule is Fc1ccccc1-n1ccc(CN2CC[C@@H](N3CCOCC3)C2)n1. The summed E-state index contributed by atoms with van der Waals surface area (Å²) in [5.74, 6) is -0.249. The summed E-state index contributed by atoms with van der Waals surface area (Å²) in [6, 6.07) is 9.34. The van der Waals surface area contributed by atoms with Gasteiger partial charge in [0.1, 0.15) is 11.5 Å². The quantitative estimate of drug-likeness (QED) is 0.858. The van der Waals surface area contributed by atoms with Gasteiger partial charge in [0.2, 0.25) is 0 Å². The van der Waals surface area contributed by atoms with Crippen molar-refractivity contribution in [3.8, 4) is 5.69 Å². The van der Waals surface area contributed by atoms with Crippen LogP contribution in [0.15, 0.2) is 36.5 Å². The normalized spacial score (nSPS) is 23.0. The van der Waals surface area contributed by atoms with Gasteiger partial charge in [0.05, 0.1) is 18.9 Å². The Balaban J connectivity index is 1.37. The number of nitrogens with zero attached hydrogens (tertiary/aromatic N) is 4. The monoisotopic (exact) mass is 330 g/mol. The first kappa shape index (κ1) is 15.7. The molecule has 3 heterocycles. The maximum absolute atomic E-state index is 13.9. The number of morpholine rings is 1. The van der Waals surface area contributed by atoms with Crippen LogP contribution in [0, 0.1) is 5.82 Å². The van der Waals surface area contributed by atoms with Gasteiger partial charge in [-0.15, -0.1) is 0 Å². The average Bonchev–Trinajstić information content (AvgIpc) is 3.26. The molecule has 6 heteroatoms. The minimum absolute atomic E-state index is 0.249. The molecule has 2 saturated heterocycles. The van der Waals surface area contributed by atoms with Gasteiger partial charge in [-0.3, -0.25) is 9.80 Å². The van der Waals surface area contributed by atoms with Crippen molar-refractivity contribution >= 4 is 0 Å². The minimum atomic E-state index is -0.249. The third-order valence-electron chi connectivity index (χ3n) is 4.94. The van der Waals surface area contributed by atoms with E-state index >= 15 is 0 Å². The number of para-hydroxylation sites is 1. The second-order valence-corrected chi connectivity index (χ2v) is 6.53. The lowest BCUT2D eigenvalue weighted by Crippen LogP contribution is -2.44. The zero-order chi connectivity index (χ0) is 16.4. The van der Waals surface area contributed by atoms with E-state index in [1.807, 2.05) is 18.3 Å². The fraction of sp³-hybridized carbons (Fsp3) is 0.500. The van der Waals surface area contributed by atoms with Crippen LogP contribution < -0.4 is 0 Å². The number of aromatic nitrogens is 2. The number of hydrogen-bond donors (Lipinski definition) is 0. The predicted octanol–water partition coefficient (Wildman–Crippen LogP) is 1.92. The van der Waals surface area contributed by atoms with Gasteiger partial charge in [-0.1, -0.05) is 12.1 Å². The van der Waals surface area contributed by atoms with Crippen molar-refractivity contribution in [1.29, 1.82) is 0 Å². The Morgan fingerprint density at radius 1 is 1.12 bits per heavy atom. The largest absolute Gasteiger partial charge is 0.379 e. The van der Waals surface area contributed by atoms with Gasteiger partial charge < -0.3 is 4.74 Å². The molecule has 128 valence electrons. The molecule has 0 unspecified atom stereocenters.